The summed E-state index contributed by atoms with van der Waals surface area (Å²) < 4.78 is 0. The molecule has 2 N–H and O–H groups in total. The fourth-order valence-corrected chi connectivity index (χ4v) is 1.67. The van der Waals surface area contributed by atoms with Crippen LogP contribution in [0.1, 0.15) is 45.2 Å². The van der Waals surface area contributed by atoms with Gasteiger partial charge in [0.2, 0.25) is 0 Å². The van der Waals surface area contributed by atoms with Gasteiger partial charge in [-0.1, -0.05) is 13.3 Å². The van der Waals surface area contributed by atoms with Crippen LogP contribution < -0.4 is 10.6 Å². The van der Waals surface area contributed by atoms with Crippen molar-refractivity contribution in [2.75, 3.05) is 18.0 Å². The summed E-state index contributed by atoms with van der Waals surface area (Å²) in [7, 11) is 0. The lowest BCUT2D eigenvalue weighted by atomic mass is 10.1. The van der Waals surface area contributed by atoms with Gasteiger partial charge in [-0.15, -0.1) is 0 Å². The van der Waals surface area contributed by atoms with Crippen LogP contribution in [0, 0.1) is 0 Å². The van der Waals surface area contributed by atoms with Gasteiger partial charge in [0.05, 0.1) is 0 Å². The summed E-state index contributed by atoms with van der Waals surface area (Å²) in [5.74, 6) is 1.05. The molecular formula is C13H23N3. The first-order valence-electron chi connectivity index (χ1n) is 6.15. The van der Waals surface area contributed by atoms with Crippen molar-refractivity contribution in [2.45, 2.75) is 39.7 Å². The Morgan fingerprint density at radius 3 is 2.75 bits per heavy atom. The van der Waals surface area contributed by atoms with Crippen LogP contribution in [-0.2, 0) is 0 Å². The molecular weight excluding hydrogens is 198 g/mol. The fourth-order valence-electron chi connectivity index (χ4n) is 1.67. The van der Waals surface area contributed by atoms with E-state index in [1.54, 1.807) is 0 Å². The zero-order chi connectivity index (χ0) is 12.0. The second-order valence-corrected chi connectivity index (χ2v) is 4.17. The average molecular weight is 221 g/mol. The molecule has 0 aliphatic carbocycles. The molecule has 90 valence electrons. The minimum atomic E-state index is 0.0756. The van der Waals surface area contributed by atoms with Gasteiger partial charge in [0.15, 0.2) is 0 Å². The third-order valence-electron chi connectivity index (χ3n) is 2.78. The molecule has 1 unspecified atom stereocenters. The smallest absolute Gasteiger partial charge is 0.128 e. The van der Waals surface area contributed by atoms with Gasteiger partial charge in [0, 0.05) is 25.3 Å². The van der Waals surface area contributed by atoms with E-state index in [1.165, 1.54) is 12.8 Å². The van der Waals surface area contributed by atoms with Crippen molar-refractivity contribution in [1.29, 1.82) is 0 Å². The van der Waals surface area contributed by atoms with Gasteiger partial charge >= 0.3 is 0 Å². The van der Waals surface area contributed by atoms with Gasteiger partial charge in [0.1, 0.15) is 5.82 Å². The summed E-state index contributed by atoms with van der Waals surface area (Å²) in [5, 5.41) is 0. The van der Waals surface area contributed by atoms with Crippen LogP contribution in [-0.4, -0.2) is 18.1 Å². The van der Waals surface area contributed by atoms with Gasteiger partial charge < -0.3 is 10.6 Å². The second-order valence-electron chi connectivity index (χ2n) is 4.17. The molecule has 0 radical (unpaired) electrons. The fraction of sp³-hybridized carbons (Fsp3) is 0.615. The standard InChI is InChI=1S/C13H23N3/c1-4-6-9-16(5-2)13-10-12(11(3)14)7-8-15-13/h7-8,10-11H,4-6,9,14H2,1-3H3. The highest BCUT2D eigenvalue weighted by atomic mass is 15.2. The van der Waals surface area contributed by atoms with Crippen molar-refractivity contribution in [3.63, 3.8) is 0 Å². The van der Waals surface area contributed by atoms with Gasteiger partial charge in [-0.25, -0.2) is 4.98 Å². The maximum absolute atomic E-state index is 5.88. The number of unbranched alkanes of at least 4 members (excludes halogenated alkanes) is 1. The molecule has 0 aromatic carbocycles. The minimum Gasteiger partial charge on any atom is -0.357 e. The molecule has 3 heteroatoms. The molecule has 1 aromatic heterocycles. The van der Waals surface area contributed by atoms with Crippen LogP contribution in [0.25, 0.3) is 0 Å². The van der Waals surface area contributed by atoms with Crippen molar-refractivity contribution in [1.82, 2.24) is 4.98 Å². The Bertz CT molecular complexity index is 310. The van der Waals surface area contributed by atoms with Gasteiger partial charge in [-0.05, 0) is 38.0 Å². The lowest BCUT2D eigenvalue weighted by molar-refractivity contribution is 0.721. The normalized spacial score (nSPS) is 12.5. The molecule has 0 saturated heterocycles. The first-order chi connectivity index (χ1) is 7.69. The molecule has 1 heterocycles. The summed E-state index contributed by atoms with van der Waals surface area (Å²) in [6.45, 7) is 8.44. The molecule has 1 atom stereocenters. The highest BCUT2D eigenvalue weighted by molar-refractivity contribution is 5.41. The Balaban J connectivity index is 2.79. The predicted octanol–water partition coefficient (Wildman–Crippen LogP) is 2.73. The molecule has 1 rings (SSSR count). The number of aromatic nitrogens is 1. The average Bonchev–Trinajstić information content (AvgIpc) is 2.30. The van der Waals surface area contributed by atoms with E-state index in [9.17, 15) is 0 Å². The summed E-state index contributed by atoms with van der Waals surface area (Å²) in [6.07, 6.45) is 4.27. The Kier molecular flexibility index (Phi) is 5.26. The maximum atomic E-state index is 5.88. The first-order valence-corrected chi connectivity index (χ1v) is 6.15. The Morgan fingerprint density at radius 1 is 1.44 bits per heavy atom. The zero-order valence-electron chi connectivity index (χ0n) is 10.6. The van der Waals surface area contributed by atoms with Crippen molar-refractivity contribution in [3.05, 3.63) is 23.9 Å². The molecule has 0 bridgehead atoms. The van der Waals surface area contributed by atoms with Crippen molar-refractivity contribution < 1.29 is 0 Å². The van der Waals surface area contributed by atoms with Gasteiger partial charge in [-0.3, -0.25) is 0 Å². The third-order valence-corrected chi connectivity index (χ3v) is 2.78. The first kappa shape index (κ1) is 13.0. The third kappa shape index (κ3) is 3.49. The number of nitrogens with two attached hydrogens (primary N) is 1. The van der Waals surface area contributed by atoms with Crippen LogP contribution >= 0.6 is 0 Å². The van der Waals surface area contributed by atoms with E-state index >= 15 is 0 Å². The summed E-state index contributed by atoms with van der Waals surface area (Å²) in [5.41, 5.74) is 7.03. The Labute approximate surface area is 98.7 Å². The Morgan fingerprint density at radius 2 is 2.19 bits per heavy atom. The predicted molar refractivity (Wildman–Crippen MR) is 69.6 cm³/mol. The highest BCUT2D eigenvalue weighted by Crippen LogP contribution is 2.16. The molecule has 0 aliphatic rings. The van der Waals surface area contributed by atoms with E-state index in [0.29, 0.717) is 0 Å². The number of hydrogen-bond acceptors (Lipinski definition) is 3. The van der Waals surface area contributed by atoms with Crippen molar-refractivity contribution >= 4 is 5.82 Å². The number of rotatable bonds is 6. The molecule has 0 spiro atoms. The molecule has 3 nitrogen and oxygen atoms in total. The molecule has 16 heavy (non-hydrogen) atoms. The zero-order valence-corrected chi connectivity index (χ0v) is 10.6. The van der Waals surface area contributed by atoms with E-state index in [2.05, 4.69) is 29.8 Å². The SMILES string of the molecule is CCCCN(CC)c1cc(C(C)N)ccn1. The van der Waals surface area contributed by atoms with Crippen LogP contribution in [0.3, 0.4) is 0 Å². The van der Waals surface area contributed by atoms with E-state index < -0.39 is 0 Å². The van der Waals surface area contributed by atoms with E-state index in [4.69, 9.17) is 5.73 Å². The minimum absolute atomic E-state index is 0.0756. The summed E-state index contributed by atoms with van der Waals surface area (Å²) in [4.78, 5) is 6.72. The van der Waals surface area contributed by atoms with Crippen LogP contribution in [0.5, 0.6) is 0 Å². The van der Waals surface area contributed by atoms with Gasteiger partial charge in [0.25, 0.3) is 0 Å². The lowest BCUT2D eigenvalue weighted by Gasteiger charge is -2.22. The molecule has 1 aromatic rings. The van der Waals surface area contributed by atoms with Gasteiger partial charge in [-0.2, -0.15) is 0 Å². The number of hydrogen-bond donors (Lipinski definition) is 1. The molecule has 0 aliphatic heterocycles. The second kappa shape index (κ2) is 6.48. The Hall–Kier alpha value is -1.09. The maximum Gasteiger partial charge on any atom is 0.128 e. The molecule has 0 saturated carbocycles. The highest BCUT2D eigenvalue weighted by Gasteiger charge is 2.07. The van der Waals surface area contributed by atoms with Crippen LogP contribution in [0.2, 0.25) is 0 Å². The molecule has 0 fully saturated rings. The van der Waals surface area contributed by atoms with Crippen LogP contribution in [0.15, 0.2) is 18.3 Å². The number of pyridine rings is 1. The number of anilines is 1. The monoisotopic (exact) mass is 221 g/mol. The quantitative estimate of drug-likeness (QED) is 0.803. The summed E-state index contributed by atoms with van der Waals surface area (Å²) >= 11 is 0. The van der Waals surface area contributed by atoms with E-state index in [1.807, 2.05) is 19.2 Å². The van der Waals surface area contributed by atoms with E-state index in [0.717, 1.165) is 24.5 Å². The molecule has 0 amide bonds. The van der Waals surface area contributed by atoms with Crippen molar-refractivity contribution in [2.24, 2.45) is 5.73 Å². The largest absolute Gasteiger partial charge is 0.357 e. The lowest BCUT2D eigenvalue weighted by Crippen LogP contribution is -2.25. The van der Waals surface area contributed by atoms with Crippen molar-refractivity contribution in [3.8, 4) is 0 Å². The summed E-state index contributed by atoms with van der Waals surface area (Å²) in [6, 6.07) is 4.16. The van der Waals surface area contributed by atoms with Crippen LogP contribution in [0.4, 0.5) is 5.82 Å². The topological polar surface area (TPSA) is 42.1 Å². The number of nitrogens with zero attached hydrogens (tertiary/aromatic N) is 2. The van der Waals surface area contributed by atoms with E-state index in [-0.39, 0.29) is 6.04 Å².